The van der Waals surface area contributed by atoms with Gasteiger partial charge in [-0.05, 0) is 31.3 Å². The normalized spacial score (nSPS) is 21.0. The highest BCUT2D eigenvalue weighted by Gasteiger charge is 2.18. The van der Waals surface area contributed by atoms with E-state index in [9.17, 15) is 0 Å². The number of rotatable bonds is 3. The van der Waals surface area contributed by atoms with E-state index in [0.29, 0.717) is 0 Å². The van der Waals surface area contributed by atoms with Gasteiger partial charge >= 0.3 is 0 Å². The zero-order chi connectivity index (χ0) is 14.8. The van der Waals surface area contributed by atoms with E-state index in [0.717, 1.165) is 42.7 Å². The topological polar surface area (TPSA) is 76.0 Å². The van der Waals surface area contributed by atoms with Crippen LogP contribution in [0.5, 0.6) is 0 Å². The summed E-state index contributed by atoms with van der Waals surface area (Å²) in [6, 6.07) is 7.82. The number of hydrogen-bond acceptors (Lipinski definition) is 4. The first-order valence-electron chi connectivity index (χ1n) is 7.04. The smallest absolute Gasteiger partial charge is 0.170 e. The first-order valence-corrected chi connectivity index (χ1v) is 7.04. The molecule has 0 bridgehead atoms. The molecule has 1 aliphatic heterocycles. The fourth-order valence-corrected chi connectivity index (χ4v) is 2.77. The van der Waals surface area contributed by atoms with Gasteiger partial charge in [-0.3, -0.25) is 0 Å². The minimum atomic E-state index is 0.127. The number of hydrogen-bond donors (Lipinski definition) is 2. The average Bonchev–Trinajstić information content (AvgIpc) is 2.89. The summed E-state index contributed by atoms with van der Waals surface area (Å²) >= 11 is 0. The van der Waals surface area contributed by atoms with Crippen LogP contribution < -0.4 is 5.73 Å². The molecule has 1 aliphatic rings. The maximum atomic E-state index is 8.74. The maximum Gasteiger partial charge on any atom is 0.170 e. The number of nitrogens with two attached hydrogens (primary N) is 1. The lowest BCUT2D eigenvalue weighted by atomic mass is 10.1. The van der Waals surface area contributed by atoms with Crippen molar-refractivity contribution in [2.75, 3.05) is 26.7 Å². The van der Waals surface area contributed by atoms with Gasteiger partial charge in [0.1, 0.15) is 0 Å². The van der Waals surface area contributed by atoms with Crippen molar-refractivity contribution in [1.82, 2.24) is 9.47 Å². The molecule has 2 aromatic rings. The second kappa shape index (κ2) is 5.75. The molecular weight excluding hydrogens is 268 g/mol. The van der Waals surface area contributed by atoms with E-state index in [1.807, 2.05) is 24.3 Å². The van der Waals surface area contributed by atoms with Crippen LogP contribution >= 0.6 is 0 Å². The van der Waals surface area contributed by atoms with Crippen LogP contribution in [0.2, 0.25) is 0 Å². The summed E-state index contributed by atoms with van der Waals surface area (Å²) in [5, 5.41) is 12.9. The molecule has 3 N–H and O–H groups in total. The molecule has 1 fully saturated rings. The number of aromatic nitrogens is 1. The molecule has 21 heavy (non-hydrogen) atoms. The molecule has 3 rings (SSSR count). The van der Waals surface area contributed by atoms with Crippen LogP contribution in [0.15, 0.2) is 35.6 Å². The quantitative estimate of drug-likeness (QED) is 0.383. The lowest BCUT2D eigenvalue weighted by Crippen LogP contribution is -2.41. The molecule has 0 aliphatic carbocycles. The van der Waals surface area contributed by atoms with Gasteiger partial charge in [0, 0.05) is 35.8 Å². The first-order chi connectivity index (χ1) is 10.2. The van der Waals surface area contributed by atoms with E-state index in [-0.39, 0.29) is 11.9 Å². The van der Waals surface area contributed by atoms with Gasteiger partial charge in [0.05, 0.1) is 19.3 Å². The summed E-state index contributed by atoms with van der Waals surface area (Å²) in [6.45, 7) is 3.55. The Kier molecular flexibility index (Phi) is 3.81. The number of amidine groups is 1. The standard InChI is InChI=1S/C15H20N4O2/c1-18-6-7-21-13(9-18)10-19-5-4-11-8-12(15(16)17-20)2-3-14(11)19/h2-5,8,13,20H,6-7,9-10H2,1H3,(H2,16,17). The molecule has 1 saturated heterocycles. The Morgan fingerprint density at radius 3 is 3.10 bits per heavy atom. The zero-order valence-electron chi connectivity index (χ0n) is 12.1. The number of likely N-dealkylation sites (N-methyl/N-ethyl adjacent to an activating group) is 1. The molecule has 112 valence electrons. The van der Waals surface area contributed by atoms with Gasteiger partial charge in [0.25, 0.3) is 0 Å². The highest BCUT2D eigenvalue weighted by molar-refractivity contribution is 6.00. The highest BCUT2D eigenvalue weighted by Crippen LogP contribution is 2.19. The Morgan fingerprint density at radius 2 is 2.33 bits per heavy atom. The van der Waals surface area contributed by atoms with Crippen LogP contribution in [0, 0.1) is 0 Å². The molecule has 2 heterocycles. The fourth-order valence-electron chi connectivity index (χ4n) is 2.77. The number of benzene rings is 1. The maximum absolute atomic E-state index is 8.74. The fraction of sp³-hybridized carbons (Fsp3) is 0.400. The second-order valence-electron chi connectivity index (χ2n) is 5.48. The van der Waals surface area contributed by atoms with E-state index in [4.69, 9.17) is 15.7 Å². The third-order valence-corrected chi connectivity index (χ3v) is 3.92. The number of fused-ring (bicyclic) bond motifs is 1. The van der Waals surface area contributed by atoms with E-state index in [1.165, 1.54) is 0 Å². The third-order valence-electron chi connectivity index (χ3n) is 3.92. The number of oxime groups is 1. The van der Waals surface area contributed by atoms with Crippen LogP contribution in [-0.2, 0) is 11.3 Å². The molecule has 1 aromatic carbocycles. The lowest BCUT2D eigenvalue weighted by Gasteiger charge is -2.30. The van der Waals surface area contributed by atoms with Crippen LogP contribution in [0.1, 0.15) is 5.56 Å². The Balaban J connectivity index is 1.83. The average molecular weight is 288 g/mol. The summed E-state index contributed by atoms with van der Waals surface area (Å²) in [5.74, 6) is 0.127. The van der Waals surface area contributed by atoms with Crippen molar-refractivity contribution < 1.29 is 9.94 Å². The van der Waals surface area contributed by atoms with Gasteiger partial charge in [-0.25, -0.2) is 0 Å². The molecule has 0 radical (unpaired) electrons. The Hall–Kier alpha value is -2.05. The molecule has 0 saturated carbocycles. The minimum Gasteiger partial charge on any atom is -0.409 e. The largest absolute Gasteiger partial charge is 0.409 e. The van der Waals surface area contributed by atoms with Crippen LogP contribution in [0.3, 0.4) is 0 Å². The number of nitrogens with zero attached hydrogens (tertiary/aromatic N) is 3. The van der Waals surface area contributed by atoms with Crippen LogP contribution in [0.25, 0.3) is 10.9 Å². The van der Waals surface area contributed by atoms with Gasteiger partial charge in [-0.15, -0.1) is 0 Å². The van der Waals surface area contributed by atoms with Crippen molar-refractivity contribution >= 4 is 16.7 Å². The minimum absolute atomic E-state index is 0.127. The predicted molar refractivity (Wildman–Crippen MR) is 81.7 cm³/mol. The summed E-state index contributed by atoms with van der Waals surface area (Å²) in [4.78, 5) is 2.29. The van der Waals surface area contributed by atoms with E-state index >= 15 is 0 Å². The summed E-state index contributed by atoms with van der Waals surface area (Å²) in [5.41, 5.74) is 7.47. The van der Waals surface area contributed by atoms with Gasteiger partial charge in [-0.2, -0.15) is 0 Å². The van der Waals surface area contributed by atoms with Gasteiger partial charge in [-0.1, -0.05) is 5.16 Å². The third kappa shape index (κ3) is 2.86. The Morgan fingerprint density at radius 1 is 1.48 bits per heavy atom. The van der Waals surface area contributed by atoms with Crippen molar-refractivity contribution in [1.29, 1.82) is 0 Å². The molecule has 1 aromatic heterocycles. The molecular formula is C15H20N4O2. The highest BCUT2D eigenvalue weighted by atomic mass is 16.5. The number of morpholine rings is 1. The molecule has 1 atom stereocenters. The van der Waals surface area contributed by atoms with Crippen molar-refractivity contribution in [2.24, 2.45) is 10.9 Å². The Labute approximate surface area is 123 Å². The van der Waals surface area contributed by atoms with Crippen molar-refractivity contribution in [2.45, 2.75) is 12.6 Å². The first kappa shape index (κ1) is 13.9. The van der Waals surface area contributed by atoms with E-state index in [1.54, 1.807) is 0 Å². The van der Waals surface area contributed by atoms with Crippen LogP contribution in [0.4, 0.5) is 0 Å². The van der Waals surface area contributed by atoms with Crippen molar-refractivity contribution in [3.63, 3.8) is 0 Å². The van der Waals surface area contributed by atoms with Gasteiger partial charge in [0.15, 0.2) is 5.84 Å². The molecule has 6 heteroatoms. The number of ether oxygens (including phenoxy) is 1. The molecule has 0 amide bonds. The summed E-state index contributed by atoms with van der Waals surface area (Å²) in [6.07, 6.45) is 2.27. The Bertz CT molecular complexity index is 665. The zero-order valence-corrected chi connectivity index (χ0v) is 12.1. The van der Waals surface area contributed by atoms with Crippen molar-refractivity contribution in [3.05, 3.63) is 36.0 Å². The van der Waals surface area contributed by atoms with Gasteiger partial charge < -0.3 is 25.1 Å². The van der Waals surface area contributed by atoms with E-state index < -0.39 is 0 Å². The van der Waals surface area contributed by atoms with Crippen LogP contribution in [-0.4, -0.2) is 53.4 Å². The summed E-state index contributed by atoms with van der Waals surface area (Å²) in [7, 11) is 2.12. The van der Waals surface area contributed by atoms with Crippen molar-refractivity contribution in [3.8, 4) is 0 Å². The van der Waals surface area contributed by atoms with E-state index in [2.05, 4.69) is 27.9 Å². The SMILES string of the molecule is CN1CCOC(Cn2ccc3cc(/C(N)=N/O)ccc32)C1. The second-order valence-corrected chi connectivity index (χ2v) is 5.48. The summed E-state index contributed by atoms with van der Waals surface area (Å²) < 4.78 is 8.00. The predicted octanol–water partition coefficient (Wildman–Crippen LogP) is 1.07. The molecule has 1 unspecified atom stereocenters. The van der Waals surface area contributed by atoms with Gasteiger partial charge in [0.2, 0.25) is 0 Å². The molecule has 6 nitrogen and oxygen atoms in total. The monoisotopic (exact) mass is 288 g/mol. The molecule has 0 spiro atoms. The lowest BCUT2D eigenvalue weighted by molar-refractivity contribution is -0.0269.